The van der Waals surface area contributed by atoms with Crippen molar-refractivity contribution in [1.29, 1.82) is 0 Å². The highest BCUT2D eigenvalue weighted by atomic mass is 19.1. The Morgan fingerprint density at radius 2 is 2.13 bits per heavy atom. The van der Waals surface area contributed by atoms with Crippen LogP contribution in [0.3, 0.4) is 0 Å². The van der Waals surface area contributed by atoms with Crippen LogP contribution in [0, 0.1) is 11.7 Å². The second-order valence-corrected chi connectivity index (χ2v) is 6.34. The number of carbonyl (C=O) groups is 1. The van der Waals surface area contributed by atoms with Crippen LogP contribution in [0.2, 0.25) is 0 Å². The van der Waals surface area contributed by atoms with Crippen LogP contribution in [0.1, 0.15) is 31.2 Å². The molecule has 5 heteroatoms. The van der Waals surface area contributed by atoms with Crippen LogP contribution in [0.15, 0.2) is 24.4 Å². The maximum atomic E-state index is 13.2. The molecule has 4 nitrogen and oxygen atoms in total. The van der Waals surface area contributed by atoms with Gasteiger partial charge in [0.15, 0.2) is 0 Å². The minimum absolute atomic E-state index is 0.134. The van der Waals surface area contributed by atoms with E-state index in [0.29, 0.717) is 18.9 Å². The van der Waals surface area contributed by atoms with Gasteiger partial charge in [-0.05, 0) is 68.5 Å². The van der Waals surface area contributed by atoms with Gasteiger partial charge < -0.3 is 15.6 Å². The van der Waals surface area contributed by atoms with Crippen LogP contribution in [-0.4, -0.2) is 30.5 Å². The van der Waals surface area contributed by atoms with E-state index in [1.165, 1.54) is 25.0 Å². The quantitative estimate of drug-likeness (QED) is 0.767. The van der Waals surface area contributed by atoms with E-state index in [4.69, 9.17) is 0 Å². The number of benzene rings is 1. The molecule has 1 aliphatic heterocycles. The highest BCUT2D eigenvalue weighted by Crippen LogP contribution is 2.20. The van der Waals surface area contributed by atoms with Gasteiger partial charge in [-0.25, -0.2) is 4.39 Å². The summed E-state index contributed by atoms with van der Waals surface area (Å²) in [6.07, 6.45) is 6.61. The molecule has 1 aromatic heterocycles. The maximum absolute atomic E-state index is 13.2. The molecular formula is C18H24FN3O. The summed E-state index contributed by atoms with van der Waals surface area (Å²) in [5.74, 6) is 0.581. The predicted octanol–water partition coefficient (Wildman–Crippen LogP) is 2.75. The normalized spacial score (nSPS) is 15.9. The molecule has 0 atom stereocenters. The molecule has 3 rings (SSSR count). The van der Waals surface area contributed by atoms with Gasteiger partial charge in [0.1, 0.15) is 5.82 Å². The lowest BCUT2D eigenvalue weighted by atomic mass is 9.93. The monoisotopic (exact) mass is 317 g/mol. The van der Waals surface area contributed by atoms with Gasteiger partial charge in [0.05, 0.1) is 0 Å². The van der Waals surface area contributed by atoms with E-state index in [2.05, 4.69) is 15.6 Å². The first-order valence-electron chi connectivity index (χ1n) is 8.45. The number of nitrogens with one attached hydrogen (secondary N) is 3. The van der Waals surface area contributed by atoms with Crippen LogP contribution in [0.4, 0.5) is 4.39 Å². The van der Waals surface area contributed by atoms with Gasteiger partial charge in [0.25, 0.3) is 0 Å². The van der Waals surface area contributed by atoms with Crippen molar-refractivity contribution in [1.82, 2.24) is 15.6 Å². The van der Waals surface area contributed by atoms with E-state index in [1.807, 2.05) is 6.20 Å². The average Bonchev–Trinajstić information content (AvgIpc) is 2.96. The molecule has 1 aromatic carbocycles. The molecule has 1 amide bonds. The molecule has 0 aliphatic carbocycles. The molecule has 2 heterocycles. The van der Waals surface area contributed by atoms with Crippen LogP contribution < -0.4 is 10.6 Å². The summed E-state index contributed by atoms with van der Waals surface area (Å²) in [6.45, 7) is 2.77. The van der Waals surface area contributed by atoms with Gasteiger partial charge in [-0.3, -0.25) is 4.79 Å². The SMILES string of the molecule is O=C(CCC1CCNCC1)NCCc1c[nH]c2cc(F)ccc12. The minimum Gasteiger partial charge on any atom is -0.361 e. The van der Waals surface area contributed by atoms with Crippen molar-refractivity contribution in [2.75, 3.05) is 19.6 Å². The van der Waals surface area contributed by atoms with Crippen molar-refractivity contribution < 1.29 is 9.18 Å². The Labute approximate surface area is 135 Å². The molecular weight excluding hydrogens is 293 g/mol. The Hall–Kier alpha value is -1.88. The molecule has 3 N–H and O–H groups in total. The van der Waals surface area contributed by atoms with Gasteiger partial charge in [-0.2, -0.15) is 0 Å². The number of amides is 1. The molecule has 0 unspecified atom stereocenters. The van der Waals surface area contributed by atoms with Crippen molar-refractivity contribution in [2.24, 2.45) is 5.92 Å². The minimum atomic E-state index is -0.239. The van der Waals surface area contributed by atoms with E-state index < -0.39 is 0 Å². The number of aromatic nitrogens is 1. The first-order chi connectivity index (χ1) is 11.2. The van der Waals surface area contributed by atoms with Crippen molar-refractivity contribution in [3.8, 4) is 0 Å². The molecule has 0 spiro atoms. The summed E-state index contributed by atoms with van der Waals surface area (Å²) in [5.41, 5.74) is 1.91. The second kappa shape index (κ2) is 7.59. The number of aromatic amines is 1. The topological polar surface area (TPSA) is 56.9 Å². The highest BCUT2D eigenvalue weighted by Gasteiger charge is 2.14. The van der Waals surface area contributed by atoms with Crippen molar-refractivity contribution in [3.05, 3.63) is 35.8 Å². The van der Waals surface area contributed by atoms with Gasteiger partial charge in [-0.15, -0.1) is 0 Å². The number of halogens is 1. The predicted molar refractivity (Wildman–Crippen MR) is 89.8 cm³/mol. The van der Waals surface area contributed by atoms with Crippen LogP contribution >= 0.6 is 0 Å². The molecule has 0 radical (unpaired) electrons. The standard InChI is InChI=1S/C18H24FN3O/c19-15-2-3-16-14(12-22-17(16)11-15)7-10-21-18(23)4-1-13-5-8-20-9-6-13/h2-3,11-13,20,22H,1,4-10H2,(H,21,23). The average molecular weight is 317 g/mol. The summed E-state index contributed by atoms with van der Waals surface area (Å²) in [5, 5.41) is 7.36. The van der Waals surface area contributed by atoms with E-state index in [9.17, 15) is 9.18 Å². The van der Waals surface area contributed by atoms with Gasteiger partial charge in [-0.1, -0.05) is 0 Å². The van der Waals surface area contributed by atoms with E-state index in [-0.39, 0.29) is 11.7 Å². The first-order valence-corrected chi connectivity index (χ1v) is 8.45. The molecule has 124 valence electrons. The number of hydrogen-bond acceptors (Lipinski definition) is 2. The summed E-state index contributed by atoms with van der Waals surface area (Å²) in [6, 6.07) is 4.75. The number of H-pyrrole nitrogens is 1. The third kappa shape index (κ3) is 4.32. The van der Waals surface area contributed by atoms with Gasteiger partial charge in [0.2, 0.25) is 5.91 Å². The molecule has 1 saturated heterocycles. The van der Waals surface area contributed by atoms with Crippen LogP contribution in [-0.2, 0) is 11.2 Å². The molecule has 0 saturated carbocycles. The lowest BCUT2D eigenvalue weighted by Crippen LogP contribution is -2.30. The Morgan fingerprint density at radius 1 is 1.30 bits per heavy atom. The summed E-state index contributed by atoms with van der Waals surface area (Å²) in [4.78, 5) is 15.0. The lowest BCUT2D eigenvalue weighted by Gasteiger charge is -2.22. The van der Waals surface area contributed by atoms with Crippen molar-refractivity contribution >= 4 is 16.8 Å². The molecule has 1 fully saturated rings. The zero-order chi connectivity index (χ0) is 16.1. The fraction of sp³-hybridized carbons (Fsp3) is 0.500. The molecule has 1 aliphatic rings. The van der Waals surface area contributed by atoms with Crippen molar-refractivity contribution in [3.63, 3.8) is 0 Å². The Morgan fingerprint density at radius 3 is 2.96 bits per heavy atom. The van der Waals surface area contributed by atoms with E-state index in [1.54, 1.807) is 6.07 Å². The summed E-state index contributed by atoms with van der Waals surface area (Å²) in [7, 11) is 0. The number of piperidine rings is 1. The summed E-state index contributed by atoms with van der Waals surface area (Å²) < 4.78 is 13.2. The Kier molecular flexibility index (Phi) is 5.28. The fourth-order valence-electron chi connectivity index (χ4n) is 3.30. The smallest absolute Gasteiger partial charge is 0.220 e. The molecule has 0 bridgehead atoms. The largest absolute Gasteiger partial charge is 0.361 e. The number of fused-ring (bicyclic) bond motifs is 1. The fourth-order valence-corrected chi connectivity index (χ4v) is 3.30. The summed E-state index contributed by atoms with van der Waals surface area (Å²) >= 11 is 0. The van der Waals surface area contributed by atoms with E-state index >= 15 is 0 Å². The Balaban J connectivity index is 1.42. The molecule has 23 heavy (non-hydrogen) atoms. The zero-order valence-corrected chi connectivity index (χ0v) is 13.3. The maximum Gasteiger partial charge on any atom is 0.220 e. The highest BCUT2D eigenvalue weighted by molar-refractivity contribution is 5.83. The zero-order valence-electron chi connectivity index (χ0n) is 13.3. The Bertz CT molecular complexity index is 661. The van der Waals surface area contributed by atoms with E-state index in [0.717, 1.165) is 42.4 Å². The number of rotatable bonds is 6. The van der Waals surface area contributed by atoms with Gasteiger partial charge >= 0.3 is 0 Å². The lowest BCUT2D eigenvalue weighted by molar-refractivity contribution is -0.121. The third-order valence-corrected chi connectivity index (χ3v) is 4.68. The third-order valence-electron chi connectivity index (χ3n) is 4.68. The van der Waals surface area contributed by atoms with Gasteiger partial charge in [0, 0.05) is 30.1 Å². The molecule has 2 aromatic rings. The van der Waals surface area contributed by atoms with Crippen LogP contribution in [0.25, 0.3) is 10.9 Å². The van der Waals surface area contributed by atoms with Crippen molar-refractivity contribution in [2.45, 2.75) is 32.1 Å². The van der Waals surface area contributed by atoms with Crippen LogP contribution in [0.5, 0.6) is 0 Å². The second-order valence-electron chi connectivity index (χ2n) is 6.34. The number of carbonyl (C=O) groups excluding carboxylic acids is 1. The first kappa shape index (κ1) is 16.0. The number of hydrogen-bond donors (Lipinski definition) is 3.